The Morgan fingerprint density at radius 1 is 1.62 bits per heavy atom. The van der Waals surface area contributed by atoms with Gasteiger partial charge in [0.2, 0.25) is 5.91 Å². The number of halogens is 1. The fourth-order valence-electron chi connectivity index (χ4n) is 2.95. The van der Waals surface area contributed by atoms with Gasteiger partial charge in [0, 0.05) is 29.7 Å². The van der Waals surface area contributed by atoms with E-state index in [0.717, 1.165) is 32.9 Å². The number of aromatic nitrogens is 2. The normalized spacial score (nSPS) is 21.1. The molecule has 0 aliphatic carbocycles. The van der Waals surface area contributed by atoms with Crippen LogP contribution in [0, 0.1) is 5.41 Å². The highest BCUT2D eigenvalue weighted by molar-refractivity contribution is 9.10. The number of primary amides is 1. The summed E-state index contributed by atoms with van der Waals surface area (Å²) in [7, 11) is 0. The third-order valence-electron chi connectivity index (χ3n) is 3.71. The Kier molecular flexibility index (Phi) is 3.65. The van der Waals surface area contributed by atoms with E-state index in [1.54, 1.807) is 17.5 Å². The third kappa shape index (κ3) is 3.03. The second kappa shape index (κ2) is 5.21. The summed E-state index contributed by atoms with van der Waals surface area (Å²) in [6, 6.07) is 2.09. The van der Waals surface area contributed by atoms with Crippen LogP contribution in [-0.2, 0) is 4.79 Å². The van der Waals surface area contributed by atoms with E-state index in [0.29, 0.717) is 6.42 Å². The summed E-state index contributed by atoms with van der Waals surface area (Å²) in [4.78, 5) is 23.5. The smallest absolute Gasteiger partial charge is 0.219 e. The molecule has 0 saturated carbocycles. The molecule has 112 valence electrons. The number of carbonyl (C=O) groups excluding carboxylic acids is 1. The molecule has 0 bridgehead atoms. The number of carbonyl (C=O) groups is 1. The molecule has 0 aromatic carbocycles. The minimum atomic E-state index is -0.260. The van der Waals surface area contributed by atoms with Crippen LogP contribution in [0.4, 0.5) is 5.13 Å². The highest BCUT2D eigenvalue weighted by Crippen LogP contribution is 2.40. The number of fused-ring (bicyclic) bond motifs is 1. The number of nitrogens with two attached hydrogens (primary N) is 1. The molecule has 1 aliphatic heterocycles. The Labute approximate surface area is 135 Å². The number of hydrogen-bond acceptors (Lipinski definition) is 5. The lowest BCUT2D eigenvalue weighted by atomic mass is 9.90. The molecule has 3 rings (SSSR count). The third-order valence-corrected chi connectivity index (χ3v) is 5.16. The van der Waals surface area contributed by atoms with Gasteiger partial charge in [-0.15, -0.1) is 0 Å². The maximum absolute atomic E-state index is 11.3. The Balaban J connectivity index is 1.96. The fraction of sp³-hybridized carbons (Fsp3) is 0.500. The van der Waals surface area contributed by atoms with Gasteiger partial charge in [0.1, 0.15) is 10.3 Å². The van der Waals surface area contributed by atoms with Gasteiger partial charge >= 0.3 is 0 Å². The molecule has 21 heavy (non-hydrogen) atoms. The van der Waals surface area contributed by atoms with Gasteiger partial charge in [-0.25, -0.2) is 9.97 Å². The van der Waals surface area contributed by atoms with E-state index in [4.69, 9.17) is 5.73 Å². The summed E-state index contributed by atoms with van der Waals surface area (Å²) in [5, 5.41) is 0.924. The van der Waals surface area contributed by atoms with E-state index in [1.807, 2.05) is 6.07 Å². The van der Waals surface area contributed by atoms with Crippen LogP contribution in [0.15, 0.2) is 16.7 Å². The van der Waals surface area contributed by atoms with Crippen molar-refractivity contribution < 1.29 is 4.79 Å². The van der Waals surface area contributed by atoms with Crippen LogP contribution < -0.4 is 10.6 Å². The summed E-state index contributed by atoms with van der Waals surface area (Å²) in [5.41, 5.74) is 6.44. The first-order chi connectivity index (χ1) is 9.84. The van der Waals surface area contributed by atoms with Crippen molar-refractivity contribution in [2.45, 2.75) is 32.7 Å². The fourth-order valence-corrected chi connectivity index (χ4v) is 4.23. The number of thiazole rings is 1. The Morgan fingerprint density at radius 2 is 2.38 bits per heavy atom. The van der Waals surface area contributed by atoms with Crippen molar-refractivity contribution in [1.29, 1.82) is 0 Å². The van der Waals surface area contributed by atoms with Crippen LogP contribution in [0.5, 0.6) is 0 Å². The molecule has 2 N–H and O–H groups in total. The first kappa shape index (κ1) is 14.7. The zero-order valence-corrected chi connectivity index (χ0v) is 14.4. The number of hydrogen-bond donors (Lipinski definition) is 1. The number of amides is 1. The summed E-state index contributed by atoms with van der Waals surface area (Å²) in [5.74, 6) is -0.260. The molecule has 1 atom stereocenters. The maximum Gasteiger partial charge on any atom is 0.219 e. The molecule has 1 unspecified atom stereocenters. The summed E-state index contributed by atoms with van der Waals surface area (Å²) >= 11 is 4.98. The average molecular weight is 369 g/mol. The molecule has 3 heterocycles. The van der Waals surface area contributed by atoms with Crippen molar-refractivity contribution in [3.8, 4) is 0 Å². The zero-order valence-electron chi connectivity index (χ0n) is 12.0. The van der Waals surface area contributed by atoms with Crippen LogP contribution in [-0.4, -0.2) is 28.5 Å². The van der Waals surface area contributed by atoms with Crippen molar-refractivity contribution in [1.82, 2.24) is 9.97 Å². The maximum atomic E-state index is 11.3. The number of anilines is 1. The van der Waals surface area contributed by atoms with E-state index in [1.165, 1.54) is 0 Å². The minimum Gasteiger partial charge on any atom is -0.370 e. The van der Waals surface area contributed by atoms with E-state index < -0.39 is 0 Å². The molecule has 1 amide bonds. The number of rotatable bonds is 3. The van der Waals surface area contributed by atoms with Gasteiger partial charge in [-0.3, -0.25) is 4.79 Å². The van der Waals surface area contributed by atoms with Crippen molar-refractivity contribution in [3.05, 3.63) is 16.7 Å². The number of nitrogens with zero attached hydrogens (tertiary/aromatic N) is 3. The lowest BCUT2D eigenvalue weighted by Gasteiger charge is -2.23. The first-order valence-electron chi connectivity index (χ1n) is 6.81. The molecular formula is C14H17BrN4OS. The SMILES string of the molecule is CC1(C)CC(CC(N)=O)N(c2nc3cc(Br)cnc3s2)C1. The van der Waals surface area contributed by atoms with Gasteiger partial charge in [0.25, 0.3) is 0 Å². The summed E-state index contributed by atoms with van der Waals surface area (Å²) < 4.78 is 0.919. The van der Waals surface area contributed by atoms with Gasteiger partial charge in [-0.2, -0.15) is 0 Å². The minimum absolute atomic E-state index is 0.126. The van der Waals surface area contributed by atoms with Gasteiger partial charge in [0.15, 0.2) is 5.13 Å². The molecule has 2 aromatic rings. The molecule has 7 heteroatoms. The van der Waals surface area contributed by atoms with Crippen LogP contribution in [0.2, 0.25) is 0 Å². The molecule has 1 saturated heterocycles. The quantitative estimate of drug-likeness (QED) is 0.903. The lowest BCUT2D eigenvalue weighted by molar-refractivity contribution is -0.118. The van der Waals surface area contributed by atoms with Crippen molar-refractivity contribution in [2.24, 2.45) is 11.1 Å². The predicted octanol–water partition coefficient (Wildman–Crippen LogP) is 2.93. The van der Waals surface area contributed by atoms with Crippen molar-refractivity contribution in [2.75, 3.05) is 11.4 Å². The molecule has 5 nitrogen and oxygen atoms in total. The summed E-state index contributed by atoms with van der Waals surface area (Å²) in [6.45, 7) is 5.30. The van der Waals surface area contributed by atoms with Crippen LogP contribution >= 0.6 is 27.3 Å². The average Bonchev–Trinajstić information content (AvgIpc) is 2.88. The standard InChI is InChI=1S/C14H17BrN4OS/c1-14(2)5-9(4-11(16)20)19(7-14)13-18-10-3-8(15)6-17-12(10)21-13/h3,6,9H,4-5,7H2,1-2H3,(H2,16,20). The van der Waals surface area contributed by atoms with E-state index in [-0.39, 0.29) is 17.4 Å². The Morgan fingerprint density at radius 3 is 3.10 bits per heavy atom. The molecule has 1 aliphatic rings. The summed E-state index contributed by atoms with van der Waals surface area (Å²) in [6.07, 6.45) is 3.10. The Bertz CT molecular complexity index is 699. The van der Waals surface area contributed by atoms with Crippen molar-refractivity contribution in [3.63, 3.8) is 0 Å². The van der Waals surface area contributed by atoms with E-state index >= 15 is 0 Å². The molecule has 0 spiro atoms. The van der Waals surface area contributed by atoms with E-state index in [2.05, 4.69) is 44.6 Å². The second-order valence-electron chi connectivity index (χ2n) is 6.29. The predicted molar refractivity (Wildman–Crippen MR) is 88.5 cm³/mol. The monoisotopic (exact) mass is 368 g/mol. The highest BCUT2D eigenvalue weighted by atomic mass is 79.9. The van der Waals surface area contributed by atoms with Gasteiger partial charge in [-0.1, -0.05) is 25.2 Å². The topological polar surface area (TPSA) is 72.1 Å². The van der Waals surface area contributed by atoms with Crippen LogP contribution in [0.3, 0.4) is 0 Å². The molecular weight excluding hydrogens is 352 g/mol. The second-order valence-corrected chi connectivity index (χ2v) is 8.17. The lowest BCUT2D eigenvalue weighted by Crippen LogP contribution is -2.33. The molecule has 0 radical (unpaired) electrons. The highest BCUT2D eigenvalue weighted by Gasteiger charge is 2.39. The molecule has 1 fully saturated rings. The molecule has 2 aromatic heterocycles. The van der Waals surface area contributed by atoms with E-state index in [9.17, 15) is 4.79 Å². The largest absolute Gasteiger partial charge is 0.370 e. The van der Waals surface area contributed by atoms with Gasteiger partial charge < -0.3 is 10.6 Å². The number of pyridine rings is 1. The first-order valence-corrected chi connectivity index (χ1v) is 8.42. The van der Waals surface area contributed by atoms with Gasteiger partial charge in [0.05, 0.1) is 0 Å². The Hall–Kier alpha value is -1.21. The van der Waals surface area contributed by atoms with Gasteiger partial charge in [-0.05, 0) is 33.8 Å². The zero-order chi connectivity index (χ0) is 15.2. The van der Waals surface area contributed by atoms with Crippen LogP contribution in [0.1, 0.15) is 26.7 Å². The van der Waals surface area contributed by atoms with Crippen molar-refractivity contribution >= 4 is 48.7 Å². The van der Waals surface area contributed by atoms with Crippen LogP contribution in [0.25, 0.3) is 10.3 Å².